The SMILES string of the molecule is CC(CC(=O)N1CCCC2C(=O)NCC21)C1CCCNC1. The van der Waals surface area contributed by atoms with Crippen LogP contribution in [0.4, 0.5) is 0 Å². The summed E-state index contributed by atoms with van der Waals surface area (Å²) in [4.78, 5) is 26.4. The average Bonchev–Trinajstić information content (AvgIpc) is 2.89. The van der Waals surface area contributed by atoms with Gasteiger partial charge in [-0.25, -0.2) is 0 Å². The molecule has 0 aromatic heterocycles. The molecule has 118 valence electrons. The van der Waals surface area contributed by atoms with E-state index in [1.54, 1.807) is 0 Å². The van der Waals surface area contributed by atoms with Crippen LogP contribution in [0.25, 0.3) is 0 Å². The summed E-state index contributed by atoms with van der Waals surface area (Å²) in [5.41, 5.74) is 0. The van der Waals surface area contributed by atoms with E-state index in [0.29, 0.717) is 24.8 Å². The molecule has 0 saturated carbocycles. The van der Waals surface area contributed by atoms with E-state index < -0.39 is 0 Å². The minimum Gasteiger partial charge on any atom is -0.354 e. The fraction of sp³-hybridized carbons (Fsp3) is 0.875. The Bertz CT molecular complexity index is 406. The van der Waals surface area contributed by atoms with Gasteiger partial charge in [0.25, 0.3) is 0 Å². The maximum Gasteiger partial charge on any atom is 0.225 e. The minimum absolute atomic E-state index is 0.0364. The highest BCUT2D eigenvalue weighted by Gasteiger charge is 2.42. The van der Waals surface area contributed by atoms with E-state index in [9.17, 15) is 9.59 Å². The summed E-state index contributed by atoms with van der Waals surface area (Å²) in [7, 11) is 0. The number of piperidine rings is 2. The Labute approximate surface area is 126 Å². The van der Waals surface area contributed by atoms with Crippen LogP contribution in [-0.2, 0) is 9.59 Å². The number of likely N-dealkylation sites (tertiary alicyclic amines) is 1. The highest BCUT2D eigenvalue weighted by atomic mass is 16.2. The maximum atomic E-state index is 12.7. The molecule has 4 unspecified atom stereocenters. The van der Waals surface area contributed by atoms with Crippen LogP contribution in [0.15, 0.2) is 0 Å². The number of hydrogen-bond donors (Lipinski definition) is 2. The van der Waals surface area contributed by atoms with Gasteiger partial charge in [0.1, 0.15) is 0 Å². The fourth-order valence-corrected chi connectivity index (χ4v) is 4.18. The molecule has 4 atom stereocenters. The second kappa shape index (κ2) is 6.34. The van der Waals surface area contributed by atoms with Gasteiger partial charge in [0.2, 0.25) is 11.8 Å². The maximum absolute atomic E-state index is 12.7. The average molecular weight is 293 g/mol. The van der Waals surface area contributed by atoms with Crippen LogP contribution < -0.4 is 10.6 Å². The van der Waals surface area contributed by atoms with Crippen LogP contribution in [0, 0.1) is 17.8 Å². The van der Waals surface area contributed by atoms with Crippen molar-refractivity contribution in [2.24, 2.45) is 17.8 Å². The topological polar surface area (TPSA) is 61.4 Å². The molecule has 3 aliphatic rings. The second-order valence-corrected chi connectivity index (χ2v) is 6.94. The van der Waals surface area contributed by atoms with Gasteiger partial charge in [-0.2, -0.15) is 0 Å². The minimum atomic E-state index is 0.0364. The van der Waals surface area contributed by atoms with Gasteiger partial charge in [0, 0.05) is 19.5 Å². The molecule has 3 rings (SSSR count). The number of fused-ring (bicyclic) bond motifs is 1. The summed E-state index contributed by atoms with van der Waals surface area (Å²) in [6.45, 7) is 5.83. The first-order valence-electron chi connectivity index (χ1n) is 8.44. The van der Waals surface area contributed by atoms with Crippen LogP contribution in [0.5, 0.6) is 0 Å². The number of carbonyl (C=O) groups excluding carboxylic acids is 2. The van der Waals surface area contributed by atoms with Crippen molar-refractivity contribution in [2.75, 3.05) is 26.2 Å². The largest absolute Gasteiger partial charge is 0.354 e. The molecule has 0 spiro atoms. The van der Waals surface area contributed by atoms with E-state index in [2.05, 4.69) is 17.6 Å². The zero-order valence-electron chi connectivity index (χ0n) is 12.9. The fourth-order valence-electron chi connectivity index (χ4n) is 4.18. The molecule has 3 fully saturated rings. The van der Waals surface area contributed by atoms with E-state index in [0.717, 1.165) is 32.5 Å². The molecular weight excluding hydrogens is 266 g/mol. The standard InChI is InChI=1S/C16H27N3O2/c1-11(12-4-2-6-17-9-12)8-15(20)19-7-3-5-13-14(19)10-18-16(13)21/h11-14,17H,2-10H2,1H3,(H,18,21). The van der Waals surface area contributed by atoms with Gasteiger partial charge in [0.15, 0.2) is 0 Å². The monoisotopic (exact) mass is 293 g/mol. The van der Waals surface area contributed by atoms with E-state index >= 15 is 0 Å². The number of carbonyl (C=O) groups is 2. The quantitative estimate of drug-likeness (QED) is 0.807. The molecule has 0 radical (unpaired) electrons. The highest BCUT2D eigenvalue weighted by Crippen LogP contribution is 2.30. The lowest BCUT2D eigenvalue weighted by atomic mass is 9.84. The van der Waals surface area contributed by atoms with E-state index in [-0.39, 0.29) is 23.8 Å². The summed E-state index contributed by atoms with van der Waals surface area (Å²) in [5, 5.41) is 6.35. The first-order chi connectivity index (χ1) is 10.2. The molecule has 0 aromatic rings. The predicted molar refractivity (Wildman–Crippen MR) is 80.6 cm³/mol. The molecular formula is C16H27N3O2. The predicted octanol–water partition coefficient (Wildman–Crippen LogP) is 0.749. The Morgan fingerprint density at radius 2 is 2.19 bits per heavy atom. The summed E-state index contributed by atoms with van der Waals surface area (Å²) in [6, 6.07) is 0.107. The molecule has 2 amide bonds. The van der Waals surface area contributed by atoms with Crippen LogP contribution >= 0.6 is 0 Å². The van der Waals surface area contributed by atoms with Crippen molar-refractivity contribution in [2.45, 2.75) is 45.1 Å². The third-order valence-corrected chi connectivity index (χ3v) is 5.56. The summed E-state index contributed by atoms with van der Waals surface area (Å²) < 4.78 is 0. The zero-order valence-corrected chi connectivity index (χ0v) is 12.9. The first kappa shape index (κ1) is 14.8. The molecule has 2 N–H and O–H groups in total. The Hall–Kier alpha value is -1.10. The van der Waals surface area contributed by atoms with Crippen molar-refractivity contribution in [3.63, 3.8) is 0 Å². The van der Waals surface area contributed by atoms with Gasteiger partial charge in [-0.05, 0) is 50.6 Å². The van der Waals surface area contributed by atoms with Gasteiger partial charge in [-0.15, -0.1) is 0 Å². The van der Waals surface area contributed by atoms with Crippen molar-refractivity contribution in [1.82, 2.24) is 15.5 Å². The molecule has 3 aliphatic heterocycles. The summed E-state index contributed by atoms with van der Waals surface area (Å²) in [6.07, 6.45) is 4.97. The lowest BCUT2D eigenvalue weighted by Crippen LogP contribution is -2.49. The van der Waals surface area contributed by atoms with Gasteiger partial charge < -0.3 is 15.5 Å². The first-order valence-corrected chi connectivity index (χ1v) is 8.44. The number of hydrogen-bond acceptors (Lipinski definition) is 3. The molecule has 5 heteroatoms. The van der Waals surface area contributed by atoms with E-state index in [1.807, 2.05) is 4.90 Å². The van der Waals surface area contributed by atoms with Gasteiger partial charge in [-0.3, -0.25) is 9.59 Å². The highest BCUT2D eigenvalue weighted by molar-refractivity contribution is 5.84. The van der Waals surface area contributed by atoms with Crippen molar-refractivity contribution < 1.29 is 9.59 Å². The van der Waals surface area contributed by atoms with Crippen LogP contribution in [0.1, 0.15) is 39.0 Å². The van der Waals surface area contributed by atoms with Gasteiger partial charge >= 0.3 is 0 Å². The summed E-state index contributed by atoms with van der Waals surface area (Å²) in [5.74, 6) is 1.47. The van der Waals surface area contributed by atoms with Gasteiger partial charge in [-0.1, -0.05) is 6.92 Å². The van der Waals surface area contributed by atoms with Crippen molar-refractivity contribution >= 4 is 11.8 Å². The molecule has 0 bridgehead atoms. The third kappa shape index (κ3) is 3.07. The van der Waals surface area contributed by atoms with Crippen LogP contribution in [-0.4, -0.2) is 48.9 Å². The Kier molecular flexibility index (Phi) is 4.48. The molecule has 3 saturated heterocycles. The lowest BCUT2D eigenvalue weighted by molar-refractivity contribution is -0.138. The number of nitrogens with one attached hydrogen (secondary N) is 2. The summed E-state index contributed by atoms with van der Waals surface area (Å²) >= 11 is 0. The van der Waals surface area contributed by atoms with Crippen LogP contribution in [0.3, 0.4) is 0 Å². The van der Waals surface area contributed by atoms with Crippen molar-refractivity contribution in [3.05, 3.63) is 0 Å². The van der Waals surface area contributed by atoms with E-state index in [4.69, 9.17) is 0 Å². The van der Waals surface area contributed by atoms with E-state index in [1.165, 1.54) is 12.8 Å². The number of amides is 2. The molecule has 5 nitrogen and oxygen atoms in total. The van der Waals surface area contributed by atoms with Gasteiger partial charge in [0.05, 0.1) is 12.0 Å². The second-order valence-electron chi connectivity index (χ2n) is 6.94. The Morgan fingerprint density at radius 1 is 1.33 bits per heavy atom. The Balaban J connectivity index is 1.58. The smallest absolute Gasteiger partial charge is 0.225 e. The molecule has 3 heterocycles. The number of nitrogens with zero attached hydrogens (tertiary/aromatic N) is 1. The Morgan fingerprint density at radius 3 is 2.95 bits per heavy atom. The number of rotatable bonds is 3. The molecule has 0 aromatic carbocycles. The molecule has 0 aliphatic carbocycles. The zero-order chi connectivity index (χ0) is 14.8. The van der Waals surface area contributed by atoms with Crippen molar-refractivity contribution in [1.29, 1.82) is 0 Å². The van der Waals surface area contributed by atoms with Crippen LogP contribution in [0.2, 0.25) is 0 Å². The normalized spacial score (nSPS) is 34.2. The van der Waals surface area contributed by atoms with Crippen molar-refractivity contribution in [3.8, 4) is 0 Å². The third-order valence-electron chi connectivity index (χ3n) is 5.56. The molecule has 21 heavy (non-hydrogen) atoms. The lowest BCUT2D eigenvalue weighted by Gasteiger charge is -2.37.